The number of fused-ring (bicyclic) bond motifs is 1. The first-order valence-corrected chi connectivity index (χ1v) is 10.4. The summed E-state index contributed by atoms with van der Waals surface area (Å²) in [5, 5.41) is 5.57. The number of halogens is 1. The number of hydrogen-bond acceptors (Lipinski definition) is 2. The van der Waals surface area contributed by atoms with Gasteiger partial charge in [0.25, 0.3) is 0 Å². The van der Waals surface area contributed by atoms with Gasteiger partial charge in [-0.05, 0) is 60.3 Å². The zero-order valence-corrected chi connectivity index (χ0v) is 16.6. The van der Waals surface area contributed by atoms with Crippen molar-refractivity contribution in [3.8, 4) is 0 Å². The van der Waals surface area contributed by atoms with Crippen LogP contribution in [0.5, 0.6) is 0 Å². The zero-order chi connectivity index (χ0) is 20.1. The molecule has 1 aliphatic rings. The first-order valence-electron chi connectivity index (χ1n) is 10.4. The maximum atomic E-state index is 13.7. The molecule has 4 rings (SSSR count). The topological polar surface area (TPSA) is 32.3 Å². The van der Waals surface area contributed by atoms with E-state index >= 15 is 0 Å². The molecule has 1 N–H and O–H groups in total. The van der Waals surface area contributed by atoms with Gasteiger partial charge in [0.2, 0.25) is 5.91 Å². The fraction of sp³-hybridized carbons (Fsp3) is 0.320. The van der Waals surface area contributed by atoms with Gasteiger partial charge in [-0.1, -0.05) is 60.7 Å². The fourth-order valence-electron chi connectivity index (χ4n) is 4.19. The Hall–Kier alpha value is -2.72. The van der Waals surface area contributed by atoms with E-state index in [0.29, 0.717) is 18.5 Å². The lowest BCUT2D eigenvalue weighted by Crippen LogP contribution is -2.40. The monoisotopic (exact) mass is 390 g/mol. The van der Waals surface area contributed by atoms with Crippen LogP contribution in [0.1, 0.15) is 24.0 Å². The zero-order valence-electron chi connectivity index (χ0n) is 16.6. The second-order valence-electron chi connectivity index (χ2n) is 7.82. The molecule has 29 heavy (non-hydrogen) atoms. The Morgan fingerprint density at radius 1 is 0.931 bits per heavy atom. The van der Waals surface area contributed by atoms with Gasteiger partial charge in [-0.2, -0.15) is 0 Å². The van der Waals surface area contributed by atoms with Gasteiger partial charge < -0.3 is 5.32 Å². The summed E-state index contributed by atoms with van der Waals surface area (Å²) < 4.78 is 13.7. The van der Waals surface area contributed by atoms with E-state index in [1.54, 1.807) is 12.1 Å². The lowest BCUT2D eigenvalue weighted by molar-refractivity contribution is -0.126. The molecule has 0 atom stereocenters. The first-order chi connectivity index (χ1) is 14.2. The highest BCUT2D eigenvalue weighted by molar-refractivity contribution is 5.85. The van der Waals surface area contributed by atoms with Crippen LogP contribution < -0.4 is 5.32 Å². The van der Waals surface area contributed by atoms with Crippen LogP contribution in [0.25, 0.3) is 10.8 Å². The third-order valence-electron chi connectivity index (χ3n) is 5.88. The van der Waals surface area contributed by atoms with Crippen molar-refractivity contribution in [2.75, 3.05) is 19.6 Å². The van der Waals surface area contributed by atoms with Crippen molar-refractivity contribution in [1.82, 2.24) is 10.2 Å². The maximum Gasteiger partial charge on any atom is 0.223 e. The van der Waals surface area contributed by atoms with E-state index in [2.05, 4.69) is 52.7 Å². The van der Waals surface area contributed by atoms with Crippen molar-refractivity contribution in [2.24, 2.45) is 5.92 Å². The summed E-state index contributed by atoms with van der Waals surface area (Å²) in [6.45, 7) is 3.25. The van der Waals surface area contributed by atoms with E-state index in [9.17, 15) is 9.18 Å². The molecule has 0 spiro atoms. The molecule has 150 valence electrons. The maximum absolute atomic E-state index is 13.7. The molecule has 3 aromatic rings. The molecule has 1 aliphatic heterocycles. The van der Waals surface area contributed by atoms with E-state index in [4.69, 9.17) is 0 Å². The average Bonchev–Trinajstić information content (AvgIpc) is 2.76. The molecule has 1 heterocycles. The largest absolute Gasteiger partial charge is 0.356 e. The Balaban J connectivity index is 1.26. The van der Waals surface area contributed by atoms with E-state index in [-0.39, 0.29) is 17.6 Å². The number of amides is 1. The van der Waals surface area contributed by atoms with Gasteiger partial charge in [-0.15, -0.1) is 0 Å². The molecule has 1 amide bonds. The minimum absolute atomic E-state index is 0.0550. The Labute approximate surface area is 171 Å². The van der Waals surface area contributed by atoms with Gasteiger partial charge in [0.1, 0.15) is 5.82 Å². The van der Waals surface area contributed by atoms with Gasteiger partial charge in [0, 0.05) is 19.0 Å². The SMILES string of the molecule is O=C(NCCc1ccccc1F)C1CCN(Cc2cccc3ccccc23)CC1. The molecule has 0 aliphatic carbocycles. The molecule has 4 heteroatoms. The number of benzene rings is 3. The van der Waals surface area contributed by atoms with E-state index in [0.717, 1.165) is 32.5 Å². The number of carbonyl (C=O) groups excluding carboxylic acids is 1. The lowest BCUT2D eigenvalue weighted by Gasteiger charge is -2.31. The van der Waals surface area contributed by atoms with Gasteiger partial charge in [0.15, 0.2) is 0 Å². The summed E-state index contributed by atoms with van der Waals surface area (Å²) in [6.07, 6.45) is 2.27. The second-order valence-corrected chi connectivity index (χ2v) is 7.82. The fourth-order valence-corrected chi connectivity index (χ4v) is 4.19. The van der Waals surface area contributed by atoms with Crippen molar-refractivity contribution >= 4 is 16.7 Å². The van der Waals surface area contributed by atoms with Crippen molar-refractivity contribution in [1.29, 1.82) is 0 Å². The molecule has 3 aromatic carbocycles. The molecule has 3 nitrogen and oxygen atoms in total. The second kappa shape index (κ2) is 9.19. The highest BCUT2D eigenvalue weighted by atomic mass is 19.1. The number of carbonyl (C=O) groups is 1. The van der Waals surface area contributed by atoms with Crippen LogP contribution in [0.15, 0.2) is 66.7 Å². The molecule has 1 fully saturated rings. The summed E-state index contributed by atoms with van der Waals surface area (Å²) in [5.41, 5.74) is 1.99. The third kappa shape index (κ3) is 4.83. The standard InChI is InChI=1S/C25H27FN2O/c26-24-11-4-2-7-20(24)12-15-27-25(29)21-13-16-28(17-14-21)18-22-9-5-8-19-6-1-3-10-23(19)22/h1-11,21H,12-18H2,(H,27,29). The Kier molecular flexibility index (Phi) is 6.20. The molecule has 0 bridgehead atoms. The van der Waals surface area contributed by atoms with E-state index in [1.165, 1.54) is 22.4 Å². The van der Waals surface area contributed by atoms with Crippen molar-refractivity contribution in [3.63, 3.8) is 0 Å². The Morgan fingerprint density at radius 3 is 2.45 bits per heavy atom. The van der Waals surface area contributed by atoms with E-state index in [1.807, 2.05) is 6.07 Å². The average molecular weight is 391 g/mol. The number of nitrogens with one attached hydrogen (secondary N) is 1. The smallest absolute Gasteiger partial charge is 0.223 e. The molecule has 1 saturated heterocycles. The predicted molar refractivity (Wildman–Crippen MR) is 115 cm³/mol. The van der Waals surface area contributed by atoms with Crippen molar-refractivity contribution < 1.29 is 9.18 Å². The summed E-state index contributed by atoms with van der Waals surface area (Å²) in [6, 6.07) is 21.7. The first kappa shape index (κ1) is 19.6. The van der Waals surface area contributed by atoms with Gasteiger partial charge >= 0.3 is 0 Å². The van der Waals surface area contributed by atoms with Crippen LogP contribution in [0.4, 0.5) is 4.39 Å². The highest BCUT2D eigenvalue weighted by Gasteiger charge is 2.25. The Bertz CT molecular complexity index is 974. The van der Waals surface area contributed by atoms with Crippen LogP contribution in [0, 0.1) is 11.7 Å². The minimum atomic E-state index is -0.205. The quantitative estimate of drug-likeness (QED) is 0.670. The molecule has 0 unspecified atom stereocenters. The predicted octanol–water partition coefficient (Wildman–Crippen LogP) is 4.55. The summed E-state index contributed by atoms with van der Waals surface area (Å²) in [5.74, 6) is -0.0472. The summed E-state index contributed by atoms with van der Waals surface area (Å²) in [4.78, 5) is 14.9. The van der Waals surface area contributed by atoms with Crippen molar-refractivity contribution in [3.05, 3.63) is 83.7 Å². The van der Waals surface area contributed by atoms with Gasteiger partial charge in [-0.25, -0.2) is 4.39 Å². The number of rotatable bonds is 6. The Morgan fingerprint density at radius 2 is 1.62 bits per heavy atom. The van der Waals surface area contributed by atoms with Crippen LogP contribution in [0.3, 0.4) is 0 Å². The van der Waals surface area contributed by atoms with E-state index < -0.39 is 0 Å². The van der Waals surface area contributed by atoms with Crippen molar-refractivity contribution in [2.45, 2.75) is 25.8 Å². The molecule has 0 saturated carbocycles. The normalized spacial score (nSPS) is 15.5. The number of nitrogens with zero attached hydrogens (tertiary/aromatic N) is 1. The molecule has 0 radical (unpaired) electrons. The van der Waals surface area contributed by atoms with Crippen LogP contribution in [-0.2, 0) is 17.8 Å². The summed E-state index contributed by atoms with van der Waals surface area (Å²) in [7, 11) is 0. The third-order valence-corrected chi connectivity index (χ3v) is 5.88. The van der Waals surface area contributed by atoms with Crippen LogP contribution in [0.2, 0.25) is 0 Å². The van der Waals surface area contributed by atoms with Gasteiger partial charge in [0.05, 0.1) is 0 Å². The van der Waals surface area contributed by atoms with Gasteiger partial charge in [-0.3, -0.25) is 9.69 Å². The minimum Gasteiger partial charge on any atom is -0.356 e. The van der Waals surface area contributed by atoms with Crippen LogP contribution in [-0.4, -0.2) is 30.4 Å². The lowest BCUT2D eigenvalue weighted by atomic mass is 9.95. The molecular weight excluding hydrogens is 363 g/mol. The number of piperidine rings is 1. The summed E-state index contributed by atoms with van der Waals surface area (Å²) >= 11 is 0. The molecular formula is C25H27FN2O. The number of hydrogen-bond donors (Lipinski definition) is 1. The highest BCUT2D eigenvalue weighted by Crippen LogP contribution is 2.23. The van der Waals surface area contributed by atoms with Crippen LogP contribution >= 0.6 is 0 Å². The molecule has 0 aromatic heterocycles. The number of likely N-dealkylation sites (tertiary alicyclic amines) is 1.